The standard InChI is InChI=1S/C41H40FNO12/c1-46-28-9-8-20(11-27(28)42)10-23(21-12-31(47-2)38(51-6)32(13-21)48-3)40(44)43-37-25-17-30-29(54-19-55-30)16-24(25)35(36-26(37)18-53-41(36)45)22-14-33(49-4)39(52-7)34(15-22)50-5/h8-17,26,35-37H,18-19H2,1-7H3,(H,43,44). The molecule has 2 aliphatic heterocycles. The number of carbonyl (C=O) groups excluding carboxylic acids is 2. The molecule has 4 aromatic rings. The number of halogens is 1. The molecule has 2 heterocycles. The summed E-state index contributed by atoms with van der Waals surface area (Å²) in [6.07, 6.45) is 1.55. The second-order valence-corrected chi connectivity index (χ2v) is 12.9. The number of carbonyl (C=O) groups is 2. The molecule has 14 heteroatoms. The van der Waals surface area contributed by atoms with Crippen molar-refractivity contribution < 1.29 is 61.3 Å². The Balaban J connectivity index is 1.39. The number of cyclic esters (lactones) is 1. The molecule has 3 aliphatic rings. The van der Waals surface area contributed by atoms with E-state index in [0.717, 1.165) is 0 Å². The van der Waals surface area contributed by atoms with Gasteiger partial charge in [0.25, 0.3) is 5.91 Å². The maximum Gasteiger partial charge on any atom is 0.310 e. The van der Waals surface area contributed by atoms with Gasteiger partial charge in [0.1, 0.15) is 0 Å². The minimum absolute atomic E-state index is 0.00540. The lowest BCUT2D eigenvalue weighted by atomic mass is 9.65. The molecule has 1 amide bonds. The quantitative estimate of drug-likeness (QED) is 0.104. The number of nitrogens with one attached hydrogen (secondary N) is 1. The van der Waals surface area contributed by atoms with Crippen molar-refractivity contribution in [1.29, 1.82) is 0 Å². The lowest BCUT2D eigenvalue weighted by molar-refractivity contribution is -0.141. The van der Waals surface area contributed by atoms with E-state index >= 15 is 0 Å². The number of hydrogen-bond donors (Lipinski definition) is 1. The molecule has 0 aromatic heterocycles. The number of ether oxygens (including phenoxy) is 10. The number of rotatable bonds is 12. The van der Waals surface area contributed by atoms with Gasteiger partial charge in [-0.2, -0.15) is 0 Å². The van der Waals surface area contributed by atoms with Crippen molar-refractivity contribution in [2.75, 3.05) is 63.2 Å². The highest BCUT2D eigenvalue weighted by molar-refractivity contribution is 6.24. The molecule has 1 saturated heterocycles. The minimum Gasteiger partial charge on any atom is -0.494 e. The molecular formula is C41H40FNO12. The van der Waals surface area contributed by atoms with Gasteiger partial charge in [0, 0.05) is 17.4 Å². The summed E-state index contributed by atoms with van der Waals surface area (Å²) in [5, 5.41) is 3.22. The number of methoxy groups -OCH3 is 7. The molecule has 4 unspecified atom stereocenters. The van der Waals surface area contributed by atoms with Crippen LogP contribution in [0.3, 0.4) is 0 Å². The summed E-state index contributed by atoms with van der Waals surface area (Å²) in [5.74, 6) is -0.262. The van der Waals surface area contributed by atoms with Gasteiger partial charge in [0.05, 0.1) is 68.3 Å². The van der Waals surface area contributed by atoms with Gasteiger partial charge in [-0.3, -0.25) is 9.59 Å². The van der Waals surface area contributed by atoms with Crippen molar-refractivity contribution in [3.05, 3.63) is 88.2 Å². The molecule has 0 bridgehead atoms. The van der Waals surface area contributed by atoms with Gasteiger partial charge in [-0.25, -0.2) is 4.39 Å². The Bertz CT molecular complexity index is 2130. The van der Waals surface area contributed by atoms with Gasteiger partial charge >= 0.3 is 5.97 Å². The fourth-order valence-electron chi connectivity index (χ4n) is 7.70. The van der Waals surface area contributed by atoms with Crippen molar-refractivity contribution >= 4 is 23.5 Å². The molecule has 4 aromatic carbocycles. The average Bonchev–Trinajstić information content (AvgIpc) is 3.83. The molecule has 1 aliphatic carbocycles. The highest BCUT2D eigenvalue weighted by Gasteiger charge is 2.53. The van der Waals surface area contributed by atoms with Crippen LogP contribution in [-0.2, 0) is 14.3 Å². The summed E-state index contributed by atoms with van der Waals surface area (Å²) in [6.45, 7) is 0.0294. The van der Waals surface area contributed by atoms with Crippen LogP contribution in [0.25, 0.3) is 11.6 Å². The van der Waals surface area contributed by atoms with E-state index in [9.17, 15) is 14.0 Å². The summed E-state index contributed by atoms with van der Waals surface area (Å²) in [7, 11) is 10.3. The average molecular weight is 758 g/mol. The number of benzene rings is 4. The second-order valence-electron chi connectivity index (χ2n) is 12.9. The summed E-state index contributed by atoms with van der Waals surface area (Å²) in [4.78, 5) is 28.6. The van der Waals surface area contributed by atoms with E-state index in [0.29, 0.717) is 73.8 Å². The van der Waals surface area contributed by atoms with Crippen molar-refractivity contribution in [3.63, 3.8) is 0 Å². The topological polar surface area (TPSA) is 138 Å². The zero-order valence-corrected chi connectivity index (χ0v) is 31.3. The summed E-state index contributed by atoms with van der Waals surface area (Å²) in [6, 6.07) is 14.1. The Hall–Kier alpha value is -6.31. The second kappa shape index (κ2) is 15.2. The van der Waals surface area contributed by atoms with Crippen LogP contribution in [0, 0.1) is 17.7 Å². The van der Waals surface area contributed by atoms with Gasteiger partial charge in [-0.05, 0) is 82.4 Å². The first-order chi connectivity index (χ1) is 26.7. The summed E-state index contributed by atoms with van der Waals surface area (Å²) >= 11 is 0. The molecule has 1 N–H and O–H groups in total. The van der Waals surface area contributed by atoms with Crippen LogP contribution in [0.2, 0.25) is 0 Å². The largest absolute Gasteiger partial charge is 0.494 e. The molecule has 1 fully saturated rings. The SMILES string of the molecule is COc1ccc(C=C(C(=O)NC2c3cc4c(cc3C(c3cc(OC)c(OC)c(OC)c3)C3C(=O)OCC23)OCO4)c2cc(OC)c(OC)c(OC)c2)cc1F. The fourth-order valence-corrected chi connectivity index (χ4v) is 7.70. The number of fused-ring (bicyclic) bond motifs is 3. The maximum absolute atomic E-state index is 15.0. The molecule has 13 nitrogen and oxygen atoms in total. The highest BCUT2D eigenvalue weighted by atomic mass is 19.1. The van der Waals surface area contributed by atoms with Gasteiger partial charge in [-0.1, -0.05) is 6.07 Å². The van der Waals surface area contributed by atoms with Gasteiger partial charge in [-0.15, -0.1) is 0 Å². The van der Waals surface area contributed by atoms with E-state index in [1.54, 1.807) is 36.4 Å². The van der Waals surface area contributed by atoms with E-state index in [-0.39, 0.29) is 24.7 Å². The van der Waals surface area contributed by atoms with Gasteiger partial charge < -0.3 is 52.7 Å². The van der Waals surface area contributed by atoms with Gasteiger partial charge in [0.15, 0.2) is 46.1 Å². The molecule has 55 heavy (non-hydrogen) atoms. The number of esters is 1. The first-order valence-electron chi connectivity index (χ1n) is 17.2. The highest BCUT2D eigenvalue weighted by Crippen LogP contribution is 2.56. The van der Waals surface area contributed by atoms with E-state index in [1.807, 2.05) is 12.1 Å². The lowest BCUT2D eigenvalue weighted by Gasteiger charge is -2.39. The third kappa shape index (κ3) is 6.51. The van der Waals surface area contributed by atoms with Crippen molar-refractivity contribution in [3.8, 4) is 51.7 Å². The van der Waals surface area contributed by atoms with Crippen LogP contribution in [0.5, 0.6) is 51.7 Å². The Kier molecular flexibility index (Phi) is 10.2. The van der Waals surface area contributed by atoms with E-state index in [4.69, 9.17) is 47.4 Å². The summed E-state index contributed by atoms with van der Waals surface area (Å²) < 4.78 is 71.2. The third-order valence-electron chi connectivity index (χ3n) is 10.2. The normalized spacial score (nSPS) is 19.4. The smallest absolute Gasteiger partial charge is 0.310 e. The number of amides is 1. The van der Waals surface area contributed by atoms with Gasteiger partial charge in [0.2, 0.25) is 18.3 Å². The predicted molar refractivity (Wildman–Crippen MR) is 196 cm³/mol. The van der Waals surface area contributed by atoms with Crippen LogP contribution < -0.4 is 47.9 Å². The van der Waals surface area contributed by atoms with Crippen LogP contribution in [0.4, 0.5) is 4.39 Å². The minimum atomic E-state index is -0.759. The first kappa shape index (κ1) is 37.0. The van der Waals surface area contributed by atoms with E-state index in [2.05, 4.69) is 5.32 Å². The van der Waals surface area contributed by atoms with Crippen molar-refractivity contribution in [2.45, 2.75) is 12.0 Å². The van der Waals surface area contributed by atoms with E-state index in [1.165, 1.54) is 61.9 Å². The third-order valence-corrected chi connectivity index (χ3v) is 10.2. The van der Waals surface area contributed by atoms with Crippen LogP contribution >= 0.6 is 0 Å². The lowest BCUT2D eigenvalue weighted by Crippen LogP contribution is -2.43. The van der Waals surface area contributed by atoms with Crippen LogP contribution in [-0.4, -0.2) is 75.0 Å². The summed E-state index contributed by atoms with van der Waals surface area (Å²) in [5.41, 5.74) is 3.00. The molecular weight excluding hydrogens is 717 g/mol. The maximum atomic E-state index is 15.0. The molecule has 288 valence electrons. The molecule has 0 radical (unpaired) electrons. The fraction of sp³-hybridized carbons (Fsp3) is 0.317. The predicted octanol–water partition coefficient (Wildman–Crippen LogP) is 5.95. The zero-order valence-electron chi connectivity index (χ0n) is 31.3. The molecule has 0 spiro atoms. The van der Waals surface area contributed by atoms with Crippen molar-refractivity contribution in [2.24, 2.45) is 11.8 Å². The van der Waals surface area contributed by atoms with Crippen molar-refractivity contribution in [1.82, 2.24) is 5.32 Å². The van der Waals surface area contributed by atoms with Crippen LogP contribution in [0.15, 0.2) is 54.6 Å². The Labute approximate surface area is 316 Å². The van der Waals surface area contributed by atoms with E-state index < -0.39 is 41.5 Å². The number of hydrogen-bond acceptors (Lipinski definition) is 12. The monoisotopic (exact) mass is 757 g/mol. The Morgan fingerprint density at radius 1 is 0.709 bits per heavy atom. The molecule has 4 atom stereocenters. The molecule has 7 rings (SSSR count). The zero-order chi connectivity index (χ0) is 39.0. The van der Waals surface area contributed by atoms with Crippen LogP contribution in [0.1, 0.15) is 39.8 Å². The first-order valence-corrected chi connectivity index (χ1v) is 17.2. The Morgan fingerprint density at radius 2 is 1.27 bits per heavy atom. The Morgan fingerprint density at radius 3 is 1.82 bits per heavy atom. The molecule has 0 saturated carbocycles.